The van der Waals surface area contributed by atoms with E-state index >= 15 is 0 Å². The summed E-state index contributed by atoms with van der Waals surface area (Å²) in [6.07, 6.45) is 0. The summed E-state index contributed by atoms with van der Waals surface area (Å²) in [6.45, 7) is 6.67. The average molecular weight is 84.1 g/mol. The van der Waals surface area contributed by atoms with Crippen LogP contribution in [0.1, 0.15) is 6.92 Å². The fourth-order valence-corrected chi connectivity index (χ4v) is 0. The highest BCUT2D eigenvalue weighted by atomic mass is 15.0. The van der Waals surface area contributed by atoms with Crippen LogP contribution in [0.3, 0.4) is 0 Å². The minimum atomic E-state index is 0.370. The largest absolute Gasteiger partial charge is 0.407 e. The van der Waals surface area contributed by atoms with Crippen LogP contribution in [-0.4, -0.2) is 24.2 Å². The highest BCUT2D eigenvalue weighted by Crippen LogP contribution is 1.61. The number of amidine groups is 1. The second kappa shape index (κ2) is 1.70. The van der Waals surface area contributed by atoms with Gasteiger partial charge in [0.05, 0.1) is 0 Å². The lowest BCUT2D eigenvalue weighted by Crippen LogP contribution is -2.06. The van der Waals surface area contributed by atoms with Crippen molar-refractivity contribution in [1.82, 2.24) is 0 Å². The third-order valence-corrected chi connectivity index (χ3v) is 0.529. The molecule has 0 bridgehead atoms. The van der Waals surface area contributed by atoms with Crippen LogP contribution in [0.15, 0.2) is 0 Å². The minimum Gasteiger partial charge on any atom is -0.407 e. The first-order valence-corrected chi connectivity index (χ1v) is 1.68. The van der Waals surface area contributed by atoms with Gasteiger partial charge >= 0.3 is 0 Å². The molecule has 0 atom stereocenters. The van der Waals surface area contributed by atoms with Gasteiger partial charge in [-0.2, -0.15) is 5.41 Å². The van der Waals surface area contributed by atoms with E-state index < -0.39 is 0 Å². The molecule has 6 heavy (non-hydrogen) atoms. The average Bonchev–Trinajstić information content (AvgIpc) is 1.36. The molecule has 0 rings (SSSR count). The summed E-state index contributed by atoms with van der Waals surface area (Å²) in [5.74, 6) is 0.370. The maximum absolute atomic E-state index is 6.75. The van der Waals surface area contributed by atoms with Gasteiger partial charge in [0.2, 0.25) is 0 Å². The Hall–Kier alpha value is -0.660. The monoisotopic (exact) mass is 84.1 g/mol. The third kappa shape index (κ3) is 1.64. The van der Waals surface area contributed by atoms with Gasteiger partial charge in [-0.25, -0.2) is 0 Å². The highest BCUT2D eigenvalue weighted by Gasteiger charge is 1.74. The zero-order valence-electron chi connectivity index (χ0n) is 4.02. The predicted molar refractivity (Wildman–Crippen MR) is 25.6 cm³/mol. The van der Waals surface area contributed by atoms with E-state index in [1.54, 1.807) is 14.0 Å². The Kier molecular flexibility index (Phi) is 1.51. The van der Waals surface area contributed by atoms with Crippen molar-refractivity contribution in [3.63, 3.8) is 0 Å². The van der Waals surface area contributed by atoms with Crippen LogP contribution in [0.5, 0.6) is 0 Å². The third-order valence-electron chi connectivity index (χ3n) is 0.529. The lowest BCUT2D eigenvalue weighted by atomic mass is 10.7. The molecular formula is C4H8N2. The summed E-state index contributed by atoms with van der Waals surface area (Å²) in [4.78, 5) is 0. The highest BCUT2D eigenvalue weighted by molar-refractivity contribution is 5.68. The zero-order valence-corrected chi connectivity index (χ0v) is 4.02. The number of hydrogen-bond acceptors (Lipinski definition) is 1. The normalized spacial score (nSPS) is 7.67. The van der Waals surface area contributed by atoms with Crippen LogP contribution in [0, 0.1) is 5.41 Å². The number of nitrogens with zero attached hydrogens (tertiary/aromatic N) is 1. The van der Waals surface area contributed by atoms with Gasteiger partial charge in [0.25, 0.3) is 0 Å². The standard InChI is InChI=1S/C4H8N2/c1-4(5)6(2)3/h2,5H,1,3H3. The molecule has 0 radical (unpaired) electrons. The summed E-state index contributed by atoms with van der Waals surface area (Å²) in [5.41, 5.74) is 0. The fourth-order valence-electron chi connectivity index (χ4n) is 0. The van der Waals surface area contributed by atoms with Crippen LogP contribution < -0.4 is 0 Å². The van der Waals surface area contributed by atoms with Gasteiger partial charge in [-0.1, -0.05) is 0 Å². The summed E-state index contributed by atoms with van der Waals surface area (Å²) < 4.78 is 1.25. The van der Waals surface area contributed by atoms with E-state index in [0.29, 0.717) is 5.84 Å². The van der Waals surface area contributed by atoms with E-state index in [1.807, 2.05) is 0 Å². The van der Waals surface area contributed by atoms with Crippen molar-refractivity contribution < 1.29 is 4.58 Å². The molecule has 0 aliphatic rings. The van der Waals surface area contributed by atoms with Crippen molar-refractivity contribution >= 4 is 12.6 Å². The van der Waals surface area contributed by atoms with Crippen molar-refractivity contribution in [3.05, 3.63) is 0 Å². The van der Waals surface area contributed by atoms with Crippen molar-refractivity contribution in [2.24, 2.45) is 0 Å². The van der Waals surface area contributed by atoms with E-state index in [2.05, 4.69) is 0 Å². The SMILES string of the molecule is [CH-]=[N+](C)C(C)=N. The zero-order chi connectivity index (χ0) is 5.15. The second-order valence-corrected chi connectivity index (χ2v) is 1.20. The first-order chi connectivity index (χ1) is 2.64. The van der Waals surface area contributed by atoms with E-state index in [4.69, 9.17) is 12.1 Å². The Morgan fingerprint density at radius 2 is 2.00 bits per heavy atom. The van der Waals surface area contributed by atoms with Crippen molar-refractivity contribution in [1.29, 1.82) is 5.41 Å². The molecule has 0 aliphatic carbocycles. The molecule has 0 spiro atoms. The van der Waals surface area contributed by atoms with Gasteiger partial charge < -0.3 is 4.58 Å². The fraction of sp³-hybridized carbons (Fsp3) is 0.500. The molecule has 2 heteroatoms. The second-order valence-electron chi connectivity index (χ2n) is 1.20. The van der Waals surface area contributed by atoms with Gasteiger partial charge in [0, 0.05) is 7.05 Å². The predicted octanol–water partition coefficient (Wildman–Crippen LogP) is 0.203. The van der Waals surface area contributed by atoms with Crippen LogP contribution in [0.4, 0.5) is 0 Å². The molecule has 0 aromatic carbocycles. The van der Waals surface area contributed by atoms with Crippen LogP contribution in [0.2, 0.25) is 0 Å². The maximum atomic E-state index is 6.75. The van der Waals surface area contributed by atoms with E-state index in [0.717, 1.165) is 0 Å². The topological polar surface area (TPSA) is 26.9 Å². The minimum absolute atomic E-state index is 0.370. The first kappa shape index (κ1) is 5.34. The Balaban J connectivity index is 3.57. The van der Waals surface area contributed by atoms with Gasteiger partial charge in [-0.15, -0.1) is 6.72 Å². The van der Waals surface area contributed by atoms with Crippen molar-refractivity contribution in [2.45, 2.75) is 6.92 Å². The molecule has 0 aromatic rings. The lowest BCUT2D eigenvalue weighted by molar-refractivity contribution is -0.362. The molecule has 0 aliphatic heterocycles. The maximum Gasteiger partial charge on any atom is 0.139 e. The van der Waals surface area contributed by atoms with Crippen LogP contribution in [0.25, 0.3) is 0 Å². The molecule has 34 valence electrons. The molecule has 2 nitrogen and oxygen atoms in total. The molecule has 0 unspecified atom stereocenters. The van der Waals surface area contributed by atoms with Gasteiger partial charge in [0.15, 0.2) is 0 Å². The van der Waals surface area contributed by atoms with Crippen molar-refractivity contribution in [2.75, 3.05) is 7.05 Å². The van der Waals surface area contributed by atoms with Gasteiger partial charge in [0.1, 0.15) is 5.84 Å². The number of rotatable bonds is 0. The number of nitrogens with one attached hydrogen (secondary N) is 1. The lowest BCUT2D eigenvalue weighted by Gasteiger charge is -1.95. The van der Waals surface area contributed by atoms with E-state index in [9.17, 15) is 0 Å². The smallest absolute Gasteiger partial charge is 0.139 e. The molecule has 1 N–H and O–H groups in total. The van der Waals surface area contributed by atoms with Crippen molar-refractivity contribution in [3.8, 4) is 0 Å². The quantitative estimate of drug-likeness (QED) is 0.188. The Bertz CT molecular complexity index is 71.5. The van der Waals surface area contributed by atoms with Crippen LogP contribution >= 0.6 is 0 Å². The Morgan fingerprint density at radius 1 is 1.83 bits per heavy atom. The molecule has 0 saturated heterocycles. The summed E-state index contributed by atoms with van der Waals surface area (Å²) in [5, 5.41) is 6.75. The molecule has 0 amide bonds. The Morgan fingerprint density at radius 3 is 2.00 bits per heavy atom. The Labute approximate surface area is 37.6 Å². The molecule has 0 aromatic heterocycles. The van der Waals surface area contributed by atoms with E-state index in [1.165, 1.54) is 4.58 Å². The summed E-state index contributed by atoms with van der Waals surface area (Å²) >= 11 is 0. The van der Waals surface area contributed by atoms with Gasteiger partial charge in [-0.05, 0) is 6.92 Å². The molecule has 0 saturated carbocycles. The summed E-state index contributed by atoms with van der Waals surface area (Å²) in [7, 11) is 1.63. The number of hydrogen-bond donors (Lipinski definition) is 1. The van der Waals surface area contributed by atoms with Crippen LogP contribution in [-0.2, 0) is 0 Å². The molecular weight excluding hydrogens is 76.1 g/mol. The summed E-state index contributed by atoms with van der Waals surface area (Å²) in [6, 6.07) is 0. The first-order valence-electron chi connectivity index (χ1n) is 1.68. The molecule has 0 fully saturated rings. The van der Waals surface area contributed by atoms with Gasteiger partial charge in [-0.3, -0.25) is 0 Å². The van der Waals surface area contributed by atoms with E-state index in [-0.39, 0.29) is 0 Å². The molecule has 0 heterocycles.